The predicted octanol–water partition coefficient (Wildman–Crippen LogP) is 2.73. The highest BCUT2D eigenvalue weighted by Crippen LogP contribution is 2.44. The third-order valence-electron chi connectivity index (χ3n) is 5.12. The fraction of sp³-hybridized carbons (Fsp3) is 0.688. The van der Waals surface area contributed by atoms with Crippen molar-refractivity contribution in [2.75, 3.05) is 13.1 Å². The molecule has 2 aliphatic rings. The number of aromatic nitrogens is 2. The van der Waals surface area contributed by atoms with Crippen LogP contribution in [0.25, 0.3) is 0 Å². The van der Waals surface area contributed by atoms with Crippen LogP contribution in [0.3, 0.4) is 0 Å². The number of hydrogen-bond donors (Lipinski definition) is 0. The number of carbonyl (C=O) groups is 1. The van der Waals surface area contributed by atoms with E-state index in [1.165, 1.54) is 0 Å². The van der Waals surface area contributed by atoms with Gasteiger partial charge in [-0.05, 0) is 32.6 Å². The molecule has 3 rings (SSSR count). The minimum absolute atomic E-state index is 0.153. The lowest BCUT2D eigenvalue weighted by atomic mass is 9.79. The van der Waals surface area contributed by atoms with E-state index in [1.54, 1.807) is 24.3 Å². The average Bonchev–Trinajstić information content (AvgIpc) is 2.89. The second-order valence-corrected chi connectivity index (χ2v) is 6.40. The zero-order chi connectivity index (χ0) is 16.6. The number of halogens is 2. The Kier molecular flexibility index (Phi) is 4.31. The molecule has 1 unspecified atom stereocenters. The molecule has 1 aromatic rings. The first-order valence-electron chi connectivity index (χ1n) is 8.15. The summed E-state index contributed by atoms with van der Waals surface area (Å²) in [6.45, 7) is 4.84. The number of rotatable bonds is 3. The smallest absolute Gasteiger partial charge is 0.252 e. The highest BCUT2D eigenvalue weighted by Gasteiger charge is 2.53. The lowest BCUT2D eigenvalue weighted by molar-refractivity contribution is -0.166. The fourth-order valence-electron chi connectivity index (χ4n) is 3.63. The van der Waals surface area contributed by atoms with Crippen molar-refractivity contribution in [3.05, 3.63) is 23.8 Å². The molecule has 0 spiro atoms. The Labute approximate surface area is 134 Å². The van der Waals surface area contributed by atoms with Crippen molar-refractivity contribution in [3.8, 4) is 0 Å². The third kappa shape index (κ3) is 2.60. The van der Waals surface area contributed by atoms with Gasteiger partial charge >= 0.3 is 0 Å². The number of nitrogens with zero attached hydrogens (tertiary/aromatic N) is 4. The van der Waals surface area contributed by atoms with Crippen LogP contribution in [-0.4, -0.2) is 45.4 Å². The SMILES string of the molecule is CC[C@]1(C(F)F)CCCN2CCC(c3cnc(C)cn3)N2C1=O. The van der Waals surface area contributed by atoms with Gasteiger partial charge in [0.1, 0.15) is 5.41 Å². The summed E-state index contributed by atoms with van der Waals surface area (Å²) in [5.74, 6) is -0.461. The van der Waals surface area contributed by atoms with Crippen molar-refractivity contribution in [3.63, 3.8) is 0 Å². The molecule has 0 aromatic carbocycles. The van der Waals surface area contributed by atoms with E-state index in [0.717, 1.165) is 5.69 Å². The van der Waals surface area contributed by atoms with E-state index in [0.29, 0.717) is 31.6 Å². The van der Waals surface area contributed by atoms with Gasteiger partial charge in [0, 0.05) is 19.3 Å². The Morgan fingerprint density at radius 1 is 1.35 bits per heavy atom. The van der Waals surface area contributed by atoms with Gasteiger partial charge in [-0.1, -0.05) is 6.92 Å². The Morgan fingerprint density at radius 3 is 2.74 bits per heavy atom. The molecule has 2 saturated heterocycles. The molecule has 2 aliphatic heterocycles. The van der Waals surface area contributed by atoms with Crippen molar-refractivity contribution in [1.82, 2.24) is 20.0 Å². The third-order valence-corrected chi connectivity index (χ3v) is 5.12. The molecule has 5 nitrogen and oxygen atoms in total. The van der Waals surface area contributed by atoms with E-state index in [-0.39, 0.29) is 18.9 Å². The van der Waals surface area contributed by atoms with Gasteiger partial charge in [0.15, 0.2) is 0 Å². The molecule has 0 aliphatic carbocycles. The summed E-state index contributed by atoms with van der Waals surface area (Å²) in [7, 11) is 0. The zero-order valence-electron chi connectivity index (χ0n) is 13.5. The van der Waals surface area contributed by atoms with E-state index in [1.807, 2.05) is 11.9 Å². The number of carbonyl (C=O) groups excluding carboxylic acids is 1. The first-order valence-corrected chi connectivity index (χ1v) is 8.15. The molecule has 7 heteroatoms. The van der Waals surface area contributed by atoms with Crippen LogP contribution in [-0.2, 0) is 4.79 Å². The van der Waals surface area contributed by atoms with Crippen LogP contribution in [0.15, 0.2) is 12.4 Å². The normalized spacial score (nSPS) is 29.0. The fourth-order valence-corrected chi connectivity index (χ4v) is 3.63. The summed E-state index contributed by atoms with van der Waals surface area (Å²) >= 11 is 0. The topological polar surface area (TPSA) is 49.3 Å². The van der Waals surface area contributed by atoms with E-state index in [4.69, 9.17) is 0 Å². The van der Waals surface area contributed by atoms with Gasteiger partial charge in [0.05, 0.1) is 23.6 Å². The van der Waals surface area contributed by atoms with Crippen LogP contribution in [0, 0.1) is 12.3 Å². The minimum Gasteiger partial charge on any atom is -0.273 e. The zero-order valence-corrected chi connectivity index (χ0v) is 13.5. The number of amides is 1. The van der Waals surface area contributed by atoms with Gasteiger partial charge in [0.2, 0.25) is 5.91 Å². The van der Waals surface area contributed by atoms with Crippen LogP contribution < -0.4 is 0 Å². The van der Waals surface area contributed by atoms with Gasteiger partial charge in [-0.25, -0.2) is 13.8 Å². The Balaban J connectivity index is 1.97. The summed E-state index contributed by atoms with van der Waals surface area (Å²) in [4.78, 5) is 21.6. The standard InChI is InChI=1S/C16H22F2N4O/c1-3-16(14(17)18)6-4-7-21-8-5-13(22(21)15(16)23)12-10-19-11(2)9-20-12/h9-10,13-14H,3-8H2,1-2H3/t13?,16-/m1/s1. The Morgan fingerprint density at radius 2 is 2.13 bits per heavy atom. The average molecular weight is 324 g/mol. The molecule has 0 bridgehead atoms. The Bertz CT molecular complexity index is 580. The number of aryl methyl sites for hydroxylation is 1. The molecule has 126 valence electrons. The molecule has 2 fully saturated rings. The first-order chi connectivity index (χ1) is 11.0. The number of fused-ring (bicyclic) bond motifs is 1. The Hall–Kier alpha value is -1.63. The highest BCUT2D eigenvalue weighted by atomic mass is 19.3. The van der Waals surface area contributed by atoms with Crippen LogP contribution in [0.4, 0.5) is 8.78 Å². The lowest BCUT2D eigenvalue weighted by Crippen LogP contribution is -2.50. The minimum atomic E-state index is -2.65. The maximum absolute atomic E-state index is 13.8. The van der Waals surface area contributed by atoms with Gasteiger partial charge in [-0.3, -0.25) is 19.8 Å². The monoisotopic (exact) mass is 324 g/mol. The lowest BCUT2D eigenvalue weighted by Gasteiger charge is -2.37. The molecule has 1 amide bonds. The van der Waals surface area contributed by atoms with Crippen molar-refractivity contribution >= 4 is 5.91 Å². The van der Waals surface area contributed by atoms with E-state index >= 15 is 0 Å². The van der Waals surface area contributed by atoms with Gasteiger partial charge in [0.25, 0.3) is 6.43 Å². The van der Waals surface area contributed by atoms with E-state index < -0.39 is 17.7 Å². The molecule has 0 saturated carbocycles. The maximum atomic E-state index is 13.8. The molecular weight excluding hydrogens is 302 g/mol. The van der Waals surface area contributed by atoms with Crippen LogP contribution in [0.2, 0.25) is 0 Å². The number of hydrazine groups is 1. The van der Waals surface area contributed by atoms with Crippen LogP contribution in [0.1, 0.15) is 50.0 Å². The number of hydrogen-bond acceptors (Lipinski definition) is 4. The molecule has 3 heterocycles. The van der Waals surface area contributed by atoms with Gasteiger partial charge in [-0.15, -0.1) is 0 Å². The first kappa shape index (κ1) is 16.2. The molecule has 2 atom stereocenters. The summed E-state index contributed by atoms with van der Waals surface area (Å²) in [5, 5.41) is 3.45. The quantitative estimate of drug-likeness (QED) is 0.858. The van der Waals surface area contributed by atoms with E-state index in [9.17, 15) is 13.6 Å². The second kappa shape index (κ2) is 6.11. The van der Waals surface area contributed by atoms with Crippen molar-refractivity contribution < 1.29 is 13.6 Å². The molecule has 0 radical (unpaired) electrons. The molecule has 0 N–H and O–H groups in total. The number of alkyl halides is 2. The van der Waals surface area contributed by atoms with Crippen molar-refractivity contribution in [2.45, 2.75) is 52.0 Å². The summed E-state index contributed by atoms with van der Waals surface area (Å²) < 4.78 is 27.5. The maximum Gasteiger partial charge on any atom is 0.252 e. The van der Waals surface area contributed by atoms with Crippen molar-refractivity contribution in [1.29, 1.82) is 0 Å². The molecular formula is C16H22F2N4O. The van der Waals surface area contributed by atoms with Gasteiger partial charge in [-0.2, -0.15) is 0 Å². The predicted molar refractivity (Wildman–Crippen MR) is 80.5 cm³/mol. The van der Waals surface area contributed by atoms with Crippen LogP contribution >= 0.6 is 0 Å². The van der Waals surface area contributed by atoms with Crippen molar-refractivity contribution in [2.24, 2.45) is 5.41 Å². The highest BCUT2D eigenvalue weighted by molar-refractivity contribution is 5.83. The molecule has 23 heavy (non-hydrogen) atoms. The summed E-state index contributed by atoms with van der Waals surface area (Å²) in [6.07, 6.45) is 2.35. The summed E-state index contributed by atoms with van der Waals surface area (Å²) in [5.41, 5.74) is -0.107. The second-order valence-electron chi connectivity index (χ2n) is 6.40. The van der Waals surface area contributed by atoms with E-state index in [2.05, 4.69) is 9.97 Å². The molecule has 1 aromatic heterocycles. The van der Waals surface area contributed by atoms with Gasteiger partial charge < -0.3 is 0 Å². The van der Waals surface area contributed by atoms with Crippen LogP contribution in [0.5, 0.6) is 0 Å². The summed E-state index contributed by atoms with van der Waals surface area (Å²) in [6, 6.07) is -0.293. The largest absolute Gasteiger partial charge is 0.273 e.